The molecule has 0 heterocycles. The van der Waals surface area contributed by atoms with Crippen molar-refractivity contribution < 1.29 is 13.5 Å². The highest BCUT2D eigenvalue weighted by atomic mass is 32.2. The summed E-state index contributed by atoms with van der Waals surface area (Å²) >= 11 is 0. The summed E-state index contributed by atoms with van der Waals surface area (Å²) < 4.78 is 25.8. The van der Waals surface area contributed by atoms with E-state index in [0.717, 1.165) is 0 Å². The second-order valence-corrected chi connectivity index (χ2v) is 5.98. The molecule has 0 aliphatic rings. The molecule has 1 aromatic carbocycles. The van der Waals surface area contributed by atoms with Gasteiger partial charge in [-0.2, -0.15) is 0 Å². The van der Waals surface area contributed by atoms with Gasteiger partial charge in [0.25, 0.3) is 0 Å². The van der Waals surface area contributed by atoms with Crippen LogP contribution in [0.2, 0.25) is 0 Å². The maximum atomic E-state index is 11.8. The van der Waals surface area contributed by atoms with E-state index < -0.39 is 15.6 Å². The predicted molar refractivity (Wildman–Crippen MR) is 62.3 cm³/mol. The van der Waals surface area contributed by atoms with Gasteiger partial charge in [-0.05, 0) is 32.0 Å². The predicted octanol–water partition coefficient (Wildman–Crippen LogP) is 0.318. The van der Waals surface area contributed by atoms with Gasteiger partial charge in [-0.3, -0.25) is 0 Å². The Balaban J connectivity index is 2.87. The van der Waals surface area contributed by atoms with Crippen molar-refractivity contribution in [3.05, 3.63) is 24.3 Å². The summed E-state index contributed by atoms with van der Waals surface area (Å²) in [4.78, 5) is 0.0942. The van der Waals surface area contributed by atoms with Crippen molar-refractivity contribution in [3.63, 3.8) is 0 Å². The van der Waals surface area contributed by atoms with Crippen molar-refractivity contribution in [2.75, 3.05) is 12.3 Å². The first-order valence-electron chi connectivity index (χ1n) is 4.78. The van der Waals surface area contributed by atoms with Crippen LogP contribution in [0, 0.1) is 0 Å². The Labute approximate surface area is 95.3 Å². The third kappa shape index (κ3) is 3.80. The summed E-state index contributed by atoms with van der Waals surface area (Å²) in [5.74, 6) is 0. The standard InChI is InChI=1S/C10H16N2O3S/c1-10(2,13)7-12-16(14,15)9-5-3-4-8(11)6-9/h3-6,12-13H,7,11H2,1-2H3. The average molecular weight is 244 g/mol. The average Bonchev–Trinajstić information content (AvgIpc) is 2.14. The van der Waals surface area contributed by atoms with Gasteiger partial charge in [0.15, 0.2) is 0 Å². The van der Waals surface area contributed by atoms with E-state index in [1.807, 2.05) is 0 Å². The Morgan fingerprint density at radius 2 is 2.06 bits per heavy atom. The molecule has 1 aromatic rings. The van der Waals surface area contributed by atoms with E-state index in [2.05, 4.69) is 4.72 Å². The van der Waals surface area contributed by atoms with Gasteiger partial charge in [-0.1, -0.05) is 6.07 Å². The normalized spacial score (nSPS) is 12.7. The molecule has 1 rings (SSSR count). The first kappa shape index (κ1) is 13.0. The number of hydrogen-bond donors (Lipinski definition) is 3. The topological polar surface area (TPSA) is 92.4 Å². The molecule has 0 radical (unpaired) electrons. The number of sulfonamides is 1. The highest BCUT2D eigenvalue weighted by molar-refractivity contribution is 7.89. The molecular formula is C10H16N2O3S. The van der Waals surface area contributed by atoms with Crippen LogP contribution in [0.3, 0.4) is 0 Å². The molecule has 0 fully saturated rings. The molecule has 6 heteroatoms. The maximum Gasteiger partial charge on any atom is 0.240 e. The lowest BCUT2D eigenvalue weighted by Gasteiger charge is -2.17. The quantitative estimate of drug-likeness (QED) is 0.665. The van der Waals surface area contributed by atoms with E-state index in [0.29, 0.717) is 5.69 Å². The highest BCUT2D eigenvalue weighted by Crippen LogP contribution is 2.13. The van der Waals surface area contributed by atoms with Crippen molar-refractivity contribution in [1.29, 1.82) is 0 Å². The molecule has 16 heavy (non-hydrogen) atoms. The first-order valence-corrected chi connectivity index (χ1v) is 6.27. The molecular weight excluding hydrogens is 228 g/mol. The molecule has 0 saturated carbocycles. The van der Waals surface area contributed by atoms with Gasteiger partial charge in [0.05, 0.1) is 10.5 Å². The van der Waals surface area contributed by atoms with Crippen LogP contribution in [0.4, 0.5) is 5.69 Å². The van der Waals surface area contributed by atoms with Crippen LogP contribution in [-0.4, -0.2) is 25.7 Å². The summed E-state index contributed by atoms with van der Waals surface area (Å²) in [5, 5.41) is 9.43. The Kier molecular flexibility index (Phi) is 3.57. The zero-order valence-corrected chi connectivity index (χ0v) is 10.1. The summed E-state index contributed by atoms with van der Waals surface area (Å²) in [6, 6.07) is 5.98. The van der Waals surface area contributed by atoms with E-state index in [1.165, 1.54) is 26.0 Å². The van der Waals surface area contributed by atoms with Crippen LogP contribution in [-0.2, 0) is 10.0 Å². The van der Waals surface area contributed by atoms with Crippen molar-refractivity contribution >= 4 is 15.7 Å². The van der Waals surface area contributed by atoms with Crippen LogP contribution in [0.5, 0.6) is 0 Å². The largest absolute Gasteiger partial charge is 0.399 e. The summed E-state index contributed by atoms with van der Waals surface area (Å²) in [6.07, 6.45) is 0. The lowest BCUT2D eigenvalue weighted by Crippen LogP contribution is -2.38. The minimum atomic E-state index is -3.61. The van der Waals surface area contributed by atoms with E-state index in [-0.39, 0.29) is 11.4 Å². The monoisotopic (exact) mass is 244 g/mol. The lowest BCUT2D eigenvalue weighted by molar-refractivity contribution is 0.0857. The molecule has 0 aliphatic carbocycles. The number of aliphatic hydroxyl groups is 1. The molecule has 0 unspecified atom stereocenters. The van der Waals surface area contributed by atoms with Gasteiger partial charge in [0, 0.05) is 12.2 Å². The minimum Gasteiger partial charge on any atom is -0.399 e. The van der Waals surface area contributed by atoms with Gasteiger partial charge in [-0.15, -0.1) is 0 Å². The number of nitrogens with one attached hydrogen (secondary N) is 1. The molecule has 0 saturated heterocycles. The van der Waals surface area contributed by atoms with Crippen molar-refractivity contribution in [1.82, 2.24) is 4.72 Å². The van der Waals surface area contributed by atoms with Gasteiger partial charge in [0.2, 0.25) is 10.0 Å². The zero-order valence-electron chi connectivity index (χ0n) is 9.27. The Morgan fingerprint density at radius 3 is 2.56 bits per heavy atom. The molecule has 90 valence electrons. The number of anilines is 1. The highest BCUT2D eigenvalue weighted by Gasteiger charge is 2.19. The second-order valence-electron chi connectivity index (χ2n) is 4.21. The van der Waals surface area contributed by atoms with Crippen LogP contribution in [0.25, 0.3) is 0 Å². The summed E-state index contributed by atoms with van der Waals surface area (Å²) in [6.45, 7) is 2.99. The number of nitrogen functional groups attached to an aromatic ring is 1. The van der Waals surface area contributed by atoms with Gasteiger partial charge < -0.3 is 10.8 Å². The number of benzene rings is 1. The molecule has 4 N–H and O–H groups in total. The Hall–Kier alpha value is -1.11. The molecule has 0 bridgehead atoms. The summed E-state index contributed by atoms with van der Waals surface area (Å²) in [5.41, 5.74) is 4.79. The van der Waals surface area contributed by atoms with Gasteiger partial charge in [0.1, 0.15) is 0 Å². The fraction of sp³-hybridized carbons (Fsp3) is 0.400. The van der Waals surface area contributed by atoms with E-state index in [1.54, 1.807) is 12.1 Å². The lowest BCUT2D eigenvalue weighted by atomic mass is 10.1. The van der Waals surface area contributed by atoms with Gasteiger partial charge >= 0.3 is 0 Å². The third-order valence-electron chi connectivity index (χ3n) is 1.86. The second kappa shape index (κ2) is 4.40. The molecule has 0 amide bonds. The van der Waals surface area contributed by atoms with Crippen molar-refractivity contribution in [2.45, 2.75) is 24.3 Å². The molecule has 5 nitrogen and oxygen atoms in total. The van der Waals surface area contributed by atoms with Crippen LogP contribution < -0.4 is 10.5 Å². The smallest absolute Gasteiger partial charge is 0.240 e. The molecule has 0 spiro atoms. The summed E-state index contributed by atoms with van der Waals surface area (Å²) in [7, 11) is -3.61. The zero-order chi connectivity index (χ0) is 12.4. The maximum absolute atomic E-state index is 11.8. The number of rotatable bonds is 4. The minimum absolute atomic E-state index is 0.0515. The molecule has 0 atom stereocenters. The first-order chi connectivity index (χ1) is 7.21. The molecule has 0 aromatic heterocycles. The van der Waals surface area contributed by atoms with Crippen LogP contribution >= 0.6 is 0 Å². The van der Waals surface area contributed by atoms with E-state index in [4.69, 9.17) is 5.73 Å². The van der Waals surface area contributed by atoms with Crippen molar-refractivity contribution in [3.8, 4) is 0 Å². The van der Waals surface area contributed by atoms with E-state index >= 15 is 0 Å². The van der Waals surface area contributed by atoms with Gasteiger partial charge in [-0.25, -0.2) is 13.1 Å². The fourth-order valence-electron chi connectivity index (χ4n) is 1.04. The number of nitrogens with two attached hydrogens (primary N) is 1. The Bertz CT molecular complexity index is 463. The third-order valence-corrected chi connectivity index (χ3v) is 3.26. The van der Waals surface area contributed by atoms with Crippen LogP contribution in [0.1, 0.15) is 13.8 Å². The fourth-order valence-corrected chi connectivity index (χ4v) is 2.30. The van der Waals surface area contributed by atoms with Crippen LogP contribution in [0.15, 0.2) is 29.2 Å². The Morgan fingerprint density at radius 1 is 1.44 bits per heavy atom. The SMILES string of the molecule is CC(C)(O)CNS(=O)(=O)c1cccc(N)c1. The molecule has 0 aliphatic heterocycles. The number of hydrogen-bond acceptors (Lipinski definition) is 4. The van der Waals surface area contributed by atoms with E-state index in [9.17, 15) is 13.5 Å². The van der Waals surface area contributed by atoms with Crippen molar-refractivity contribution in [2.24, 2.45) is 0 Å².